The number of thiazole rings is 1. The van der Waals surface area contributed by atoms with Gasteiger partial charge in [-0.1, -0.05) is 34.1 Å². The van der Waals surface area contributed by atoms with Crippen molar-refractivity contribution in [1.29, 1.82) is 0 Å². The summed E-state index contributed by atoms with van der Waals surface area (Å²) in [7, 11) is 0. The molecule has 0 atom stereocenters. The molecule has 2 heterocycles. The molecule has 0 saturated heterocycles. The summed E-state index contributed by atoms with van der Waals surface area (Å²) in [6, 6.07) is 9.75. The van der Waals surface area contributed by atoms with E-state index in [1.807, 2.05) is 23.6 Å². The molecule has 1 aromatic carbocycles. The fourth-order valence-corrected chi connectivity index (χ4v) is 4.05. The van der Waals surface area contributed by atoms with Crippen LogP contribution in [0.1, 0.15) is 20.9 Å². The van der Waals surface area contributed by atoms with Gasteiger partial charge in [0, 0.05) is 21.7 Å². The lowest BCUT2D eigenvalue weighted by molar-refractivity contribution is 0.0697. The Morgan fingerprint density at radius 3 is 2.76 bits per heavy atom. The van der Waals surface area contributed by atoms with Gasteiger partial charge in [-0.25, -0.2) is 9.78 Å². The van der Waals surface area contributed by atoms with Gasteiger partial charge in [0.2, 0.25) is 0 Å². The van der Waals surface area contributed by atoms with E-state index >= 15 is 0 Å². The maximum Gasteiger partial charge on any atom is 0.336 e. The molecule has 3 aromatic rings. The van der Waals surface area contributed by atoms with Gasteiger partial charge in [0.1, 0.15) is 0 Å². The van der Waals surface area contributed by atoms with E-state index in [0.29, 0.717) is 5.56 Å². The van der Waals surface area contributed by atoms with Gasteiger partial charge >= 0.3 is 5.97 Å². The predicted molar refractivity (Wildman–Crippen MR) is 89.3 cm³/mol. The van der Waals surface area contributed by atoms with Crippen molar-refractivity contribution < 1.29 is 9.90 Å². The van der Waals surface area contributed by atoms with Gasteiger partial charge in [-0.05, 0) is 17.7 Å². The van der Waals surface area contributed by atoms with E-state index in [1.54, 1.807) is 22.8 Å². The van der Waals surface area contributed by atoms with Gasteiger partial charge in [0.05, 0.1) is 21.1 Å². The monoisotopic (exact) mass is 379 g/mol. The van der Waals surface area contributed by atoms with Crippen molar-refractivity contribution in [1.82, 2.24) is 4.98 Å². The summed E-state index contributed by atoms with van der Waals surface area (Å²) in [4.78, 5) is 16.4. The minimum Gasteiger partial charge on any atom is -0.478 e. The van der Waals surface area contributed by atoms with Crippen LogP contribution in [0.25, 0.3) is 10.6 Å². The van der Waals surface area contributed by atoms with Crippen molar-refractivity contribution in [2.24, 2.45) is 0 Å². The van der Waals surface area contributed by atoms with Crippen LogP contribution in [0.3, 0.4) is 0 Å². The maximum atomic E-state index is 10.9. The molecule has 0 spiro atoms. The third-order valence-electron chi connectivity index (χ3n) is 2.95. The smallest absolute Gasteiger partial charge is 0.336 e. The van der Waals surface area contributed by atoms with Crippen LogP contribution in [-0.2, 0) is 6.42 Å². The summed E-state index contributed by atoms with van der Waals surface area (Å²) < 4.78 is 1.08. The first kappa shape index (κ1) is 14.4. The van der Waals surface area contributed by atoms with E-state index in [-0.39, 0.29) is 0 Å². The third-order valence-corrected chi connectivity index (χ3v) is 5.53. The Morgan fingerprint density at radius 1 is 1.24 bits per heavy atom. The molecule has 106 valence electrons. The Balaban J connectivity index is 1.83. The van der Waals surface area contributed by atoms with E-state index in [2.05, 4.69) is 27.0 Å². The van der Waals surface area contributed by atoms with Crippen molar-refractivity contribution in [3.8, 4) is 10.6 Å². The topological polar surface area (TPSA) is 50.2 Å². The fraction of sp³-hybridized carbons (Fsp3) is 0.0667. The number of halogens is 1. The molecular formula is C15H10BrNO2S2. The van der Waals surface area contributed by atoms with Gasteiger partial charge in [-0.15, -0.1) is 22.7 Å². The molecule has 0 bridgehead atoms. The normalized spacial score (nSPS) is 10.7. The van der Waals surface area contributed by atoms with E-state index in [0.717, 1.165) is 26.5 Å². The van der Waals surface area contributed by atoms with Gasteiger partial charge in [0.25, 0.3) is 0 Å². The first-order valence-electron chi connectivity index (χ1n) is 6.13. The predicted octanol–water partition coefficient (Wildman–Crippen LogP) is 4.92. The SMILES string of the molecule is O=C(O)c1csc(-c2csc(Cc3ccccc3Br)n2)c1. The highest BCUT2D eigenvalue weighted by Gasteiger charge is 2.11. The molecule has 3 nitrogen and oxygen atoms in total. The van der Waals surface area contributed by atoms with Crippen LogP contribution in [0, 0.1) is 0 Å². The zero-order chi connectivity index (χ0) is 14.8. The zero-order valence-electron chi connectivity index (χ0n) is 10.7. The second kappa shape index (κ2) is 6.09. The highest BCUT2D eigenvalue weighted by atomic mass is 79.9. The average Bonchev–Trinajstić information content (AvgIpc) is 3.10. The summed E-state index contributed by atoms with van der Waals surface area (Å²) in [5.41, 5.74) is 2.35. The number of carbonyl (C=O) groups is 1. The first-order chi connectivity index (χ1) is 10.1. The standard InChI is InChI=1S/C15H10BrNO2S2/c16-11-4-2-1-3-9(11)6-14-17-12(8-21-14)13-5-10(7-20-13)15(18)19/h1-5,7-8H,6H2,(H,18,19). The molecule has 0 saturated carbocycles. The third kappa shape index (κ3) is 3.23. The number of thiophene rings is 1. The van der Waals surface area contributed by atoms with Gasteiger partial charge in [-0.3, -0.25) is 0 Å². The molecular weight excluding hydrogens is 370 g/mol. The van der Waals surface area contributed by atoms with Gasteiger partial charge < -0.3 is 5.11 Å². The average molecular weight is 380 g/mol. The van der Waals surface area contributed by atoms with Crippen molar-refractivity contribution in [3.05, 3.63) is 61.7 Å². The summed E-state index contributed by atoms with van der Waals surface area (Å²) in [6.45, 7) is 0. The Bertz CT molecular complexity index is 794. The van der Waals surface area contributed by atoms with Crippen molar-refractivity contribution >= 4 is 44.6 Å². The minimum absolute atomic E-state index is 0.315. The molecule has 1 N–H and O–H groups in total. The Labute approximate surface area is 138 Å². The highest BCUT2D eigenvalue weighted by molar-refractivity contribution is 9.10. The number of hydrogen-bond donors (Lipinski definition) is 1. The second-order valence-corrected chi connectivity index (χ2v) is 7.11. The fourth-order valence-electron chi connectivity index (χ4n) is 1.89. The van der Waals surface area contributed by atoms with E-state index in [4.69, 9.17) is 5.11 Å². The van der Waals surface area contributed by atoms with E-state index < -0.39 is 5.97 Å². The Hall–Kier alpha value is -1.50. The molecule has 0 aliphatic carbocycles. The lowest BCUT2D eigenvalue weighted by Gasteiger charge is -2.00. The number of aromatic carboxylic acids is 1. The summed E-state index contributed by atoms with van der Waals surface area (Å²) in [5, 5.41) is 13.6. The number of carboxylic acid groups (broad SMARTS) is 1. The largest absolute Gasteiger partial charge is 0.478 e. The zero-order valence-corrected chi connectivity index (χ0v) is 14.0. The molecule has 6 heteroatoms. The Morgan fingerprint density at radius 2 is 2.05 bits per heavy atom. The number of rotatable bonds is 4. The number of aromatic nitrogens is 1. The first-order valence-corrected chi connectivity index (χ1v) is 8.69. The van der Waals surface area contributed by atoms with Gasteiger partial charge in [-0.2, -0.15) is 0 Å². The number of carboxylic acids is 1. The molecule has 2 aromatic heterocycles. The Kier molecular flexibility index (Phi) is 4.19. The van der Waals surface area contributed by atoms with Crippen LogP contribution in [-0.4, -0.2) is 16.1 Å². The molecule has 0 aliphatic rings. The van der Waals surface area contributed by atoms with Gasteiger partial charge in [0.15, 0.2) is 0 Å². The summed E-state index contributed by atoms with van der Waals surface area (Å²) >= 11 is 6.54. The van der Waals surface area contributed by atoms with Crippen LogP contribution in [0.2, 0.25) is 0 Å². The van der Waals surface area contributed by atoms with Crippen LogP contribution < -0.4 is 0 Å². The minimum atomic E-state index is -0.902. The summed E-state index contributed by atoms with van der Waals surface area (Å²) in [5.74, 6) is -0.902. The van der Waals surface area contributed by atoms with Crippen LogP contribution in [0.5, 0.6) is 0 Å². The molecule has 0 amide bonds. The number of hydrogen-bond acceptors (Lipinski definition) is 4. The lowest BCUT2D eigenvalue weighted by atomic mass is 10.2. The maximum absolute atomic E-state index is 10.9. The van der Waals surface area contributed by atoms with Crippen molar-refractivity contribution in [2.45, 2.75) is 6.42 Å². The van der Waals surface area contributed by atoms with E-state index in [1.165, 1.54) is 16.9 Å². The van der Waals surface area contributed by atoms with E-state index in [9.17, 15) is 4.79 Å². The molecule has 0 fully saturated rings. The van der Waals surface area contributed by atoms with Crippen molar-refractivity contribution in [3.63, 3.8) is 0 Å². The molecule has 3 rings (SSSR count). The molecule has 0 aliphatic heterocycles. The van der Waals surface area contributed by atoms with Crippen LogP contribution in [0.15, 0.2) is 45.6 Å². The van der Waals surface area contributed by atoms with Crippen LogP contribution >= 0.6 is 38.6 Å². The summed E-state index contributed by atoms with van der Waals surface area (Å²) in [6.07, 6.45) is 0.767. The number of benzene rings is 1. The molecule has 21 heavy (non-hydrogen) atoms. The number of nitrogens with zero attached hydrogens (tertiary/aromatic N) is 1. The molecule has 0 unspecified atom stereocenters. The van der Waals surface area contributed by atoms with Crippen molar-refractivity contribution in [2.75, 3.05) is 0 Å². The quantitative estimate of drug-likeness (QED) is 0.699. The second-order valence-electron chi connectivity index (χ2n) is 4.40. The highest BCUT2D eigenvalue weighted by Crippen LogP contribution is 2.30. The van der Waals surface area contributed by atoms with Crippen LogP contribution in [0.4, 0.5) is 0 Å². The molecule has 0 radical (unpaired) electrons. The lowest BCUT2D eigenvalue weighted by Crippen LogP contribution is -1.91.